The first kappa shape index (κ1) is 12.7. The normalized spacial score (nSPS) is 31.4. The highest BCUT2D eigenvalue weighted by atomic mass is 16.3. The van der Waals surface area contributed by atoms with E-state index in [9.17, 15) is 9.90 Å². The lowest BCUT2D eigenvalue weighted by Gasteiger charge is -2.29. The number of hydrogen-bond acceptors (Lipinski definition) is 2. The molecule has 0 aromatic carbocycles. The number of urea groups is 1. The molecule has 2 unspecified atom stereocenters. The molecular formula is C13H24N2O2. The van der Waals surface area contributed by atoms with Gasteiger partial charge in [-0.05, 0) is 31.6 Å². The maximum Gasteiger partial charge on any atom is 0.315 e. The van der Waals surface area contributed by atoms with Gasteiger partial charge in [0.15, 0.2) is 0 Å². The molecule has 0 aliphatic heterocycles. The van der Waals surface area contributed by atoms with Gasteiger partial charge in [-0.3, -0.25) is 0 Å². The number of rotatable bonds is 3. The van der Waals surface area contributed by atoms with Gasteiger partial charge in [-0.15, -0.1) is 0 Å². The van der Waals surface area contributed by atoms with Crippen molar-refractivity contribution in [2.75, 3.05) is 6.61 Å². The van der Waals surface area contributed by atoms with Crippen molar-refractivity contribution in [2.45, 2.75) is 63.5 Å². The fraction of sp³-hybridized carbons (Fsp3) is 0.923. The molecule has 0 aromatic heterocycles. The number of aliphatic hydroxyl groups excluding tert-OH is 1. The van der Waals surface area contributed by atoms with Crippen molar-refractivity contribution in [3.8, 4) is 0 Å². The summed E-state index contributed by atoms with van der Waals surface area (Å²) in [6.07, 6.45) is 7.49. The minimum atomic E-state index is -0.355. The maximum atomic E-state index is 11.9. The molecule has 0 aromatic rings. The van der Waals surface area contributed by atoms with Crippen LogP contribution in [-0.4, -0.2) is 29.3 Å². The average molecular weight is 240 g/mol. The van der Waals surface area contributed by atoms with Crippen molar-refractivity contribution in [3.05, 3.63) is 0 Å². The SMILES string of the molecule is CC1CCCC1NC(=O)NC1(CO)CCCC1. The lowest BCUT2D eigenvalue weighted by atomic mass is 9.99. The van der Waals surface area contributed by atoms with Gasteiger partial charge in [0.25, 0.3) is 0 Å². The predicted octanol–water partition coefficient (Wildman–Crippen LogP) is 1.78. The lowest BCUT2D eigenvalue weighted by molar-refractivity contribution is 0.161. The molecule has 2 rings (SSSR count). The van der Waals surface area contributed by atoms with E-state index in [0.717, 1.165) is 32.1 Å². The Hall–Kier alpha value is -0.770. The third kappa shape index (κ3) is 2.92. The van der Waals surface area contributed by atoms with Crippen LogP contribution in [0.25, 0.3) is 0 Å². The van der Waals surface area contributed by atoms with Gasteiger partial charge < -0.3 is 15.7 Å². The molecule has 2 amide bonds. The number of carbonyl (C=O) groups is 1. The summed E-state index contributed by atoms with van der Waals surface area (Å²) in [5.41, 5.74) is -0.355. The Morgan fingerprint density at radius 1 is 1.29 bits per heavy atom. The van der Waals surface area contributed by atoms with Crippen molar-refractivity contribution >= 4 is 6.03 Å². The second-order valence-electron chi connectivity index (χ2n) is 5.76. The van der Waals surface area contributed by atoms with Crippen LogP contribution in [0.2, 0.25) is 0 Å². The zero-order valence-corrected chi connectivity index (χ0v) is 10.7. The van der Waals surface area contributed by atoms with Crippen LogP contribution in [0.3, 0.4) is 0 Å². The number of amides is 2. The molecule has 2 fully saturated rings. The summed E-state index contributed by atoms with van der Waals surface area (Å²) in [7, 11) is 0. The Morgan fingerprint density at radius 3 is 2.53 bits per heavy atom. The highest BCUT2D eigenvalue weighted by Gasteiger charge is 2.35. The summed E-state index contributed by atoms with van der Waals surface area (Å²) in [5.74, 6) is 0.578. The second-order valence-corrected chi connectivity index (χ2v) is 5.76. The highest BCUT2D eigenvalue weighted by Crippen LogP contribution is 2.29. The van der Waals surface area contributed by atoms with Gasteiger partial charge in [0.05, 0.1) is 12.1 Å². The molecule has 3 N–H and O–H groups in total. The first-order chi connectivity index (χ1) is 8.15. The summed E-state index contributed by atoms with van der Waals surface area (Å²) in [6.45, 7) is 2.25. The van der Waals surface area contributed by atoms with Crippen LogP contribution < -0.4 is 10.6 Å². The molecular weight excluding hydrogens is 216 g/mol. The highest BCUT2D eigenvalue weighted by molar-refractivity contribution is 5.75. The van der Waals surface area contributed by atoms with Gasteiger partial charge >= 0.3 is 6.03 Å². The lowest BCUT2D eigenvalue weighted by Crippen LogP contribution is -2.55. The summed E-state index contributed by atoms with van der Waals surface area (Å²) >= 11 is 0. The van der Waals surface area contributed by atoms with Gasteiger partial charge in [-0.2, -0.15) is 0 Å². The molecule has 0 saturated heterocycles. The number of aliphatic hydroxyl groups is 1. The molecule has 98 valence electrons. The Labute approximate surface area is 103 Å². The molecule has 4 heteroatoms. The van der Waals surface area contributed by atoms with E-state index < -0.39 is 0 Å². The molecule has 0 bridgehead atoms. The van der Waals surface area contributed by atoms with Crippen LogP contribution >= 0.6 is 0 Å². The van der Waals surface area contributed by atoms with E-state index >= 15 is 0 Å². The van der Waals surface area contributed by atoms with Crippen LogP contribution in [0.1, 0.15) is 51.9 Å². The van der Waals surface area contributed by atoms with Gasteiger partial charge in [0.2, 0.25) is 0 Å². The second kappa shape index (κ2) is 5.25. The minimum absolute atomic E-state index is 0.0562. The molecule has 0 heterocycles. The van der Waals surface area contributed by atoms with Crippen molar-refractivity contribution in [1.29, 1.82) is 0 Å². The molecule has 0 spiro atoms. The predicted molar refractivity (Wildman–Crippen MR) is 66.8 cm³/mol. The topological polar surface area (TPSA) is 61.4 Å². The molecule has 17 heavy (non-hydrogen) atoms. The van der Waals surface area contributed by atoms with Crippen LogP contribution in [0.5, 0.6) is 0 Å². The smallest absolute Gasteiger partial charge is 0.315 e. The zero-order chi connectivity index (χ0) is 12.3. The van der Waals surface area contributed by atoms with E-state index in [1.165, 1.54) is 12.8 Å². The molecule has 0 radical (unpaired) electrons. The summed E-state index contributed by atoms with van der Waals surface area (Å²) in [6, 6.07) is 0.215. The van der Waals surface area contributed by atoms with Gasteiger partial charge in [0, 0.05) is 6.04 Å². The van der Waals surface area contributed by atoms with Crippen LogP contribution in [0, 0.1) is 5.92 Å². The molecule has 2 saturated carbocycles. The van der Waals surface area contributed by atoms with Gasteiger partial charge in [-0.25, -0.2) is 4.79 Å². The Morgan fingerprint density at radius 2 is 2.00 bits per heavy atom. The standard InChI is InChI=1S/C13H24N2O2/c1-10-5-4-6-11(10)14-12(17)15-13(9-16)7-2-3-8-13/h10-11,16H,2-9H2,1H3,(H2,14,15,17). The summed E-state index contributed by atoms with van der Waals surface area (Å²) in [5, 5.41) is 15.5. The summed E-state index contributed by atoms with van der Waals surface area (Å²) in [4.78, 5) is 11.9. The van der Waals surface area contributed by atoms with E-state index in [4.69, 9.17) is 0 Å². The first-order valence-corrected chi connectivity index (χ1v) is 6.85. The van der Waals surface area contributed by atoms with Crippen molar-refractivity contribution < 1.29 is 9.90 Å². The molecule has 2 atom stereocenters. The fourth-order valence-corrected chi connectivity index (χ4v) is 3.18. The maximum absolute atomic E-state index is 11.9. The van der Waals surface area contributed by atoms with E-state index in [2.05, 4.69) is 17.6 Å². The summed E-state index contributed by atoms with van der Waals surface area (Å²) < 4.78 is 0. The largest absolute Gasteiger partial charge is 0.394 e. The number of hydrogen-bond donors (Lipinski definition) is 3. The Balaban J connectivity index is 1.83. The molecule has 2 aliphatic carbocycles. The van der Waals surface area contributed by atoms with Crippen LogP contribution in [-0.2, 0) is 0 Å². The number of carbonyl (C=O) groups excluding carboxylic acids is 1. The van der Waals surface area contributed by atoms with Crippen LogP contribution in [0.15, 0.2) is 0 Å². The molecule has 4 nitrogen and oxygen atoms in total. The van der Waals surface area contributed by atoms with Crippen molar-refractivity contribution in [3.63, 3.8) is 0 Å². The number of nitrogens with one attached hydrogen (secondary N) is 2. The van der Waals surface area contributed by atoms with E-state index in [0.29, 0.717) is 12.0 Å². The zero-order valence-electron chi connectivity index (χ0n) is 10.7. The van der Waals surface area contributed by atoms with E-state index in [1.54, 1.807) is 0 Å². The third-order valence-corrected chi connectivity index (χ3v) is 4.42. The fourth-order valence-electron chi connectivity index (χ4n) is 3.18. The molecule has 2 aliphatic rings. The van der Waals surface area contributed by atoms with Crippen LogP contribution in [0.4, 0.5) is 4.79 Å². The van der Waals surface area contributed by atoms with Gasteiger partial charge in [0.1, 0.15) is 0 Å². The van der Waals surface area contributed by atoms with Crippen molar-refractivity contribution in [2.24, 2.45) is 5.92 Å². The van der Waals surface area contributed by atoms with E-state index in [-0.39, 0.29) is 18.2 Å². The minimum Gasteiger partial charge on any atom is -0.394 e. The van der Waals surface area contributed by atoms with Crippen molar-refractivity contribution in [1.82, 2.24) is 10.6 Å². The average Bonchev–Trinajstić information content (AvgIpc) is 2.90. The van der Waals surface area contributed by atoms with E-state index in [1.807, 2.05) is 0 Å². The third-order valence-electron chi connectivity index (χ3n) is 4.42. The monoisotopic (exact) mass is 240 g/mol. The van der Waals surface area contributed by atoms with Gasteiger partial charge in [-0.1, -0.05) is 26.2 Å². The Bertz CT molecular complexity index is 275. The first-order valence-electron chi connectivity index (χ1n) is 6.85. The Kier molecular flexibility index (Phi) is 3.92. The quantitative estimate of drug-likeness (QED) is 0.704.